The van der Waals surface area contributed by atoms with Crippen LogP contribution >= 0.6 is 0 Å². The predicted molar refractivity (Wildman–Crippen MR) is 126 cm³/mol. The van der Waals surface area contributed by atoms with E-state index in [9.17, 15) is 4.79 Å². The topological polar surface area (TPSA) is 78.5 Å². The molecule has 4 aromatic rings. The summed E-state index contributed by atoms with van der Waals surface area (Å²) >= 11 is 0. The number of rotatable bonds is 8. The Hall–Kier alpha value is -4.00. The molecule has 0 radical (unpaired) electrons. The number of nitrogens with zero attached hydrogens (tertiary/aromatic N) is 2. The van der Waals surface area contributed by atoms with Crippen LogP contribution in [0.2, 0.25) is 0 Å². The number of amides is 1. The highest BCUT2D eigenvalue weighted by atomic mass is 16.5. The van der Waals surface area contributed by atoms with E-state index in [1.165, 1.54) is 0 Å². The van der Waals surface area contributed by atoms with Crippen molar-refractivity contribution in [3.05, 3.63) is 94.7 Å². The van der Waals surface area contributed by atoms with E-state index < -0.39 is 0 Å². The van der Waals surface area contributed by atoms with E-state index in [1.54, 1.807) is 19.2 Å². The van der Waals surface area contributed by atoms with Crippen LogP contribution in [0.4, 0.5) is 5.69 Å². The van der Waals surface area contributed by atoms with Gasteiger partial charge >= 0.3 is 0 Å². The molecule has 0 aliphatic carbocycles. The smallest absolute Gasteiger partial charge is 0.291 e. The van der Waals surface area contributed by atoms with Crippen molar-refractivity contribution in [1.29, 1.82) is 0 Å². The molecule has 7 heteroatoms. The van der Waals surface area contributed by atoms with Crippen molar-refractivity contribution in [3.8, 4) is 11.5 Å². The fourth-order valence-corrected chi connectivity index (χ4v) is 3.60. The number of furan rings is 1. The zero-order valence-electron chi connectivity index (χ0n) is 19.2. The maximum Gasteiger partial charge on any atom is 0.291 e. The van der Waals surface area contributed by atoms with Crippen molar-refractivity contribution in [2.24, 2.45) is 0 Å². The summed E-state index contributed by atoms with van der Waals surface area (Å²) in [4.78, 5) is 12.8. The fourth-order valence-electron chi connectivity index (χ4n) is 3.60. The molecule has 1 amide bonds. The Morgan fingerprint density at radius 3 is 2.67 bits per heavy atom. The second-order valence-corrected chi connectivity index (χ2v) is 7.83. The maximum absolute atomic E-state index is 12.8. The monoisotopic (exact) mass is 445 g/mol. The number of anilines is 1. The molecule has 0 saturated heterocycles. The van der Waals surface area contributed by atoms with Crippen molar-refractivity contribution in [1.82, 2.24) is 9.78 Å². The summed E-state index contributed by atoms with van der Waals surface area (Å²) in [5, 5.41) is 7.53. The van der Waals surface area contributed by atoms with Gasteiger partial charge in [0.05, 0.1) is 30.7 Å². The van der Waals surface area contributed by atoms with E-state index in [0.717, 1.165) is 34.0 Å². The number of carbonyl (C=O) groups excluding carboxylic acids is 1. The van der Waals surface area contributed by atoms with Gasteiger partial charge in [-0.15, -0.1) is 0 Å². The molecule has 0 spiro atoms. The third kappa shape index (κ3) is 5.09. The number of aryl methyl sites for hydroxylation is 2. The molecule has 0 aliphatic heterocycles. The number of nitrogens with one attached hydrogen (secondary N) is 1. The van der Waals surface area contributed by atoms with Gasteiger partial charge in [-0.1, -0.05) is 30.3 Å². The number of ether oxygens (including phenoxy) is 2. The van der Waals surface area contributed by atoms with Gasteiger partial charge in [0.1, 0.15) is 23.9 Å². The van der Waals surface area contributed by atoms with Crippen LogP contribution < -0.4 is 14.8 Å². The first-order chi connectivity index (χ1) is 15.9. The summed E-state index contributed by atoms with van der Waals surface area (Å²) in [6.07, 6.45) is 0. The SMILES string of the molecule is COc1cccc(Cn2nc(C)c(NC(=O)c3ccc(COc4ccccc4C)o3)c2C)c1. The third-order valence-electron chi connectivity index (χ3n) is 5.44. The molecule has 0 unspecified atom stereocenters. The molecule has 0 bridgehead atoms. The van der Waals surface area contributed by atoms with E-state index in [4.69, 9.17) is 13.9 Å². The van der Waals surface area contributed by atoms with Gasteiger partial charge in [-0.2, -0.15) is 5.10 Å². The highest BCUT2D eigenvalue weighted by molar-refractivity contribution is 6.02. The maximum atomic E-state index is 12.8. The lowest BCUT2D eigenvalue weighted by Crippen LogP contribution is -2.12. The number of benzene rings is 2. The van der Waals surface area contributed by atoms with Crippen LogP contribution in [0.1, 0.15) is 38.8 Å². The minimum Gasteiger partial charge on any atom is -0.497 e. The molecule has 4 rings (SSSR count). The van der Waals surface area contributed by atoms with Gasteiger partial charge in [-0.05, 0) is 62.2 Å². The molecule has 0 atom stereocenters. The summed E-state index contributed by atoms with van der Waals surface area (Å²) in [5.74, 6) is 2.05. The summed E-state index contributed by atoms with van der Waals surface area (Å²) in [7, 11) is 1.64. The Morgan fingerprint density at radius 2 is 1.88 bits per heavy atom. The van der Waals surface area contributed by atoms with Crippen LogP contribution in [0.5, 0.6) is 11.5 Å². The molecule has 1 N–H and O–H groups in total. The first-order valence-corrected chi connectivity index (χ1v) is 10.7. The number of hydrogen-bond acceptors (Lipinski definition) is 5. The molecule has 2 aromatic heterocycles. The van der Waals surface area contributed by atoms with Crippen LogP contribution in [0.15, 0.2) is 65.1 Å². The lowest BCUT2D eigenvalue weighted by atomic mass is 10.2. The Labute approximate surface area is 192 Å². The van der Waals surface area contributed by atoms with Crippen molar-refractivity contribution < 1.29 is 18.7 Å². The number of methoxy groups -OCH3 is 1. The molecule has 2 heterocycles. The van der Waals surface area contributed by atoms with Crippen molar-refractivity contribution in [3.63, 3.8) is 0 Å². The van der Waals surface area contributed by atoms with Gasteiger partial charge in [0.25, 0.3) is 5.91 Å². The summed E-state index contributed by atoms with van der Waals surface area (Å²) in [6.45, 7) is 6.60. The van der Waals surface area contributed by atoms with Gasteiger partial charge in [0.15, 0.2) is 5.76 Å². The molecule has 0 aliphatic rings. The van der Waals surface area contributed by atoms with Gasteiger partial charge < -0.3 is 19.2 Å². The zero-order chi connectivity index (χ0) is 23.4. The fraction of sp³-hybridized carbons (Fsp3) is 0.231. The molecule has 2 aromatic carbocycles. The quantitative estimate of drug-likeness (QED) is 0.399. The van der Waals surface area contributed by atoms with Crippen LogP contribution in [0, 0.1) is 20.8 Å². The van der Waals surface area contributed by atoms with Crippen molar-refractivity contribution >= 4 is 11.6 Å². The normalized spacial score (nSPS) is 10.8. The standard InChI is InChI=1S/C26H27N3O4/c1-17-8-5-6-11-23(17)32-16-22-12-13-24(33-22)26(30)27-25-18(2)28-29(19(25)3)15-20-9-7-10-21(14-20)31-4/h5-14H,15-16H2,1-4H3,(H,27,30). The van der Waals surface area contributed by atoms with Crippen LogP contribution in [-0.2, 0) is 13.2 Å². The lowest BCUT2D eigenvalue weighted by molar-refractivity contribution is 0.0992. The summed E-state index contributed by atoms with van der Waals surface area (Å²) in [6, 6.07) is 19.0. The van der Waals surface area contributed by atoms with E-state index in [0.29, 0.717) is 18.0 Å². The zero-order valence-corrected chi connectivity index (χ0v) is 19.2. The van der Waals surface area contributed by atoms with E-state index in [-0.39, 0.29) is 18.3 Å². The Balaban J connectivity index is 1.43. The lowest BCUT2D eigenvalue weighted by Gasteiger charge is -2.08. The summed E-state index contributed by atoms with van der Waals surface area (Å²) in [5.41, 5.74) is 4.37. The third-order valence-corrected chi connectivity index (χ3v) is 5.44. The van der Waals surface area contributed by atoms with E-state index in [2.05, 4.69) is 10.4 Å². The first kappa shape index (κ1) is 22.2. The second kappa shape index (κ2) is 9.65. The van der Waals surface area contributed by atoms with Crippen LogP contribution in [0.25, 0.3) is 0 Å². The second-order valence-electron chi connectivity index (χ2n) is 7.83. The highest BCUT2D eigenvalue weighted by Crippen LogP contribution is 2.23. The number of carbonyl (C=O) groups is 1. The summed E-state index contributed by atoms with van der Waals surface area (Å²) < 4.78 is 18.7. The molecule has 33 heavy (non-hydrogen) atoms. The van der Waals surface area contributed by atoms with Gasteiger partial charge in [-0.25, -0.2) is 0 Å². The van der Waals surface area contributed by atoms with Crippen LogP contribution in [-0.4, -0.2) is 22.8 Å². The average Bonchev–Trinajstić information content (AvgIpc) is 3.39. The highest BCUT2D eigenvalue weighted by Gasteiger charge is 2.18. The Morgan fingerprint density at radius 1 is 1.06 bits per heavy atom. The molecular formula is C26H27N3O4. The van der Waals surface area contributed by atoms with Crippen molar-refractivity contribution in [2.75, 3.05) is 12.4 Å². The van der Waals surface area contributed by atoms with Crippen LogP contribution in [0.3, 0.4) is 0 Å². The molecule has 7 nitrogen and oxygen atoms in total. The minimum atomic E-state index is -0.329. The Bertz CT molecular complexity index is 1270. The largest absolute Gasteiger partial charge is 0.497 e. The molecule has 170 valence electrons. The van der Waals surface area contributed by atoms with Gasteiger partial charge in [-0.3, -0.25) is 9.48 Å². The number of aromatic nitrogens is 2. The average molecular weight is 446 g/mol. The predicted octanol–water partition coefficient (Wildman–Crippen LogP) is 5.29. The first-order valence-electron chi connectivity index (χ1n) is 10.7. The van der Waals surface area contributed by atoms with E-state index in [1.807, 2.05) is 74.0 Å². The molecular weight excluding hydrogens is 418 g/mol. The van der Waals surface area contributed by atoms with Gasteiger partial charge in [0.2, 0.25) is 0 Å². The Kier molecular flexibility index (Phi) is 6.49. The number of hydrogen-bond donors (Lipinski definition) is 1. The minimum absolute atomic E-state index is 0.220. The van der Waals surface area contributed by atoms with Crippen molar-refractivity contribution in [2.45, 2.75) is 33.9 Å². The number of para-hydroxylation sites is 1. The van der Waals surface area contributed by atoms with Gasteiger partial charge in [0, 0.05) is 0 Å². The molecule has 0 saturated carbocycles. The molecule has 0 fully saturated rings. The van der Waals surface area contributed by atoms with E-state index >= 15 is 0 Å².